The summed E-state index contributed by atoms with van der Waals surface area (Å²) in [5.74, 6) is 0.772. The monoisotopic (exact) mass is 598 g/mol. The lowest BCUT2D eigenvalue weighted by Gasteiger charge is -2.36. The molecule has 0 radical (unpaired) electrons. The summed E-state index contributed by atoms with van der Waals surface area (Å²) in [7, 11) is -0.814. The molecule has 7 nitrogen and oxygen atoms in total. The Morgan fingerprint density at radius 2 is 1.50 bits per heavy atom. The summed E-state index contributed by atoms with van der Waals surface area (Å²) in [4.78, 5) is 2.23. The number of benzene rings is 3. The minimum Gasteiger partial charge on any atom is -0.493 e. The van der Waals surface area contributed by atoms with Gasteiger partial charge in [-0.15, -0.1) is 0 Å². The highest BCUT2D eigenvalue weighted by atomic mass is 35.5. The molecule has 0 N–H and O–H groups in total. The van der Waals surface area contributed by atoms with Crippen molar-refractivity contribution in [3.8, 4) is 11.5 Å². The van der Waals surface area contributed by atoms with E-state index in [-0.39, 0.29) is 24.6 Å². The van der Waals surface area contributed by atoms with Gasteiger partial charge in [-0.05, 0) is 47.5 Å². The molecule has 1 aliphatic rings. The number of hydrogen-bond donors (Lipinski definition) is 0. The average Bonchev–Trinajstić information content (AvgIpc) is 2.95. The molecule has 0 aliphatic carbocycles. The van der Waals surface area contributed by atoms with Gasteiger partial charge < -0.3 is 14.2 Å². The largest absolute Gasteiger partial charge is 0.493 e. The van der Waals surface area contributed by atoms with Gasteiger partial charge in [0.05, 0.1) is 37.4 Å². The van der Waals surface area contributed by atoms with Crippen molar-refractivity contribution in [1.29, 1.82) is 0 Å². The number of methoxy groups -OCH3 is 2. The van der Waals surface area contributed by atoms with E-state index >= 15 is 0 Å². The topological polar surface area (TPSA) is 68.3 Å². The fourth-order valence-corrected chi connectivity index (χ4v) is 6.00. The first-order valence-electron chi connectivity index (χ1n) is 12.5. The summed E-state index contributed by atoms with van der Waals surface area (Å²) >= 11 is 6.06. The van der Waals surface area contributed by atoms with Gasteiger partial charge in [-0.1, -0.05) is 35.9 Å². The number of ether oxygens (including phenoxy) is 3. The van der Waals surface area contributed by atoms with Crippen LogP contribution in [0.3, 0.4) is 0 Å². The summed E-state index contributed by atoms with van der Waals surface area (Å²) in [6, 6.07) is 16.6. The average molecular weight is 599 g/mol. The Morgan fingerprint density at radius 1 is 0.875 bits per heavy atom. The number of piperazine rings is 1. The van der Waals surface area contributed by atoms with E-state index in [4.69, 9.17) is 25.8 Å². The van der Waals surface area contributed by atoms with Gasteiger partial charge >= 0.3 is 6.18 Å². The van der Waals surface area contributed by atoms with Gasteiger partial charge in [0.25, 0.3) is 0 Å². The summed E-state index contributed by atoms with van der Waals surface area (Å²) in [5, 5.41) is 0.569. The van der Waals surface area contributed by atoms with Crippen molar-refractivity contribution in [3.05, 3.63) is 88.4 Å². The predicted molar refractivity (Wildman–Crippen MR) is 145 cm³/mol. The van der Waals surface area contributed by atoms with Crippen molar-refractivity contribution < 1.29 is 35.8 Å². The van der Waals surface area contributed by atoms with Gasteiger partial charge in [0.15, 0.2) is 11.5 Å². The molecule has 0 bridgehead atoms. The van der Waals surface area contributed by atoms with Crippen LogP contribution in [0.5, 0.6) is 11.5 Å². The lowest BCUT2D eigenvalue weighted by atomic mass is 10.1. The number of rotatable bonds is 10. The van der Waals surface area contributed by atoms with Crippen molar-refractivity contribution >= 4 is 21.6 Å². The first-order chi connectivity index (χ1) is 19.0. The third-order valence-corrected chi connectivity index (χ3v) is 8.87. The van der Waals surface area contributed by atoms with Crippen molar-refractivity contribution in [1.82, 2.24) is 9.21 Å². The maximum atomic E-state index is 13.3. The van der Waals surface area contributed by atoms with Gasteiger partial charge in [-0.25, -0.2) is 8.42 Å². The van der Waals surface area contributed by atoms with Crippen molar-refractivity contribution in [2.45, 2.75) is 23.8 Å². The zero-order valence-electron chi connectivity index (χ0n) is 22.0. The Labute approximate surface area is 237 Å². The second kappa shape index (κ2) is 12.8. The molecule has 3 aromatic carbocycles. The Hall–Kier alpha value is -2.83. The molecular weight excluding hydrogens is 569 g/mol. The summed E-state index contributed by atoms with van der Waals surface area (Å²) in [5.41, 5.74) is 0.751. The van der Waals surface area contributed by atoms with Crippen molar-refractivity contribution in [2.24, 2.45) is 0 Å². The van der Waals surface area contributed by atoms with E-state index in [1.54, 1.807) is 18.2 Å². The van der Waals surface area contributed by atoms with Gasteiger partial charge in [-0.3, -0.25) is 4.90 Å². The van der Waals surface area contributed by atoms with Crippen LogP contribution in [0, 0.1) is 0 Å². The second-order valence-electron chi connectivity index (χ2n) is 9.27. The number of nitrogens with zero attached hydrogens (tertiary/aromatic N) is 2. The van der Waals surface area contributed by atoms with Crippen LogP contribution in [0.2, 0.25) is 5.02 Å². The maximum Gasteiger partial charge on any atom is 0.416 e. The van der Waals surface area contributed by atoms with Crippen LogP contribution in [-0.4, -0.2) is 64.6 Å². The van der Waals surface area contributed by atoms with Crippen LogP contribution in [0.1, 0.15) is 22.8 Å². The van der Waals surface area contributed by atoms with E-state index in [0.29, 0.717) is 41.7 Å². The van der Waals surface area contributed by atoms with Gasteiger partial charge in [0.1, 0.15) is 0 Å². The smallest absolute Gasteiger partial charge is 0.416 e. The minimum absolute atomic E-state index is 0.110. The molecular formula is C28H30ClF3N2O5S. The molecule has 3 aromatic rings. The Morgan fingerprint density at radius 3 is 2.08 bits per heavy atom. The predicted octanol–water partition coefficient (Wildman–Crippen LogP) is 5.64. The lowest BCUT2D eigenvalue weighted by Crippen LogP contribution is -2.49. The molecule has 1 saturated heterocycles. The SMILES string of the molecule is COc1ccc(S(=O)(=O)N2CCN(C[C@H](OCc3ccc(C(F)(F)F)cc3)c3ccc(Cl)cc3)CC2)cc1OC. The van der Waals surface area contributed by atoms with Crippen LogP contribution >= 0.6 is 11.6 Å². The number of sulfonamides is 1. The third kappa shape index (κ3) is 7.27. The van der Waals surface area contributed by atoms with Crippen LogP contribution < -0.4 is 9.47 Å². The summed E-state index contributed by atoms with van der Waals surface area (Å²) in [6.07, 6.45) is -4.81. The molecule has 1 atom stereocenters. The van der Waals surface area contributed by atoms with Crippen LogP contribution in [-0.2, 0) is 27.5 Å². The van der Waals surface area contributed by atoms with E-state index in [1.807, 2.05) is 12.1 Å². The zero-order chi connectivity index (χ0) is 28.9. The Kier molecular flexibility index (Phi) is 9.63. The fraction of sp³-hybridized carbons (Fsp3) is 0.357. The van der Waals surface area contributed by atoms with E-state index in [1.165, 1.54) is 42.8 Å². The van der Waals surface area contributed by atoms with Gasteiger partial charge in [0, 0.05) is 43.8 Å². The number of halogens is 4. The zero-order valence-corrected chi connectivity index (χ0v) is 23.6. The molecule has 0 aromatic heterocycles. The van der Waals surface area contributed by atoms with E-state index < -0.39 is 27.9 Å². The van der Waals surface area contributed by atoms with Crippen molar-refractivity contribution in [3.63, 3.8) is 0 Å². The molecule has 1 heterocycles. The Bertz CT molecular complexity index is 1380. The first-order valence-corrected chi connectivity index (χ1v) is 14.3. The van der Waals surface area contributed by atoms with Crippen molar-refractivity contribution in [2.75, 3.05) is 46.9 Å². The first kappa shape index (κ1) is 30.1. The number of hydrogen-bond acceptors (Lipinski definition) is 6. The van der Waals surface area contributed by atoms with E-state index in [0.717, 1.165) is 17.7 Å². The molecule has 12 heteroatoms. The highest BCUT2D eigenvalue weighted by molar-refractivity contribution is 7.89. The molecule has 0 spiro atoms. The highest BCUT2D eigenvalue weighted by Crippen LogP contribution is 2.32. The van der Waals surface area contributed by atoms with Crippen LogP contribution in [0.4, 0.5) is 13.2 Å². The molecule has 0 saturated carbocycles. The normalized spacial score (nSPS) is 16.1. The van der Waals surface area contributed by atoms with Crippen LogP contribution in [0.15, 0.2) is 71.6 Å². The van der Waals surface area contributed by atoms with Crippen LogP contribution in [0.25, 0.3) is 0 Å². The quantitative estimate of drug-likeness (QED) is 0.301. The molecule has 1 aliphatic heterocycles. The molecule has 40 heavy (non-hydrogen) atoms. The van der Waals surface area contributed by atoms with Gasteiger partial charge in [0.2, 0.25) is 10.0 Å². The Balaban J connectivity index is 1.42. The molecule has 1 fully saturated rings. The molecule has 0 amide bonds. The lowest BCUT2D eigenvalue weighted by molar-refractivity contribution is -0.137. The van der Waals surface area contributed by atoms with E-state index in [2.05, 4.69) is 4.90 Å². The minimum atomic E-state index is -4.40. The second-order valence-corrected chi connectivity index (χ2v) is 11.6. The molecule has 4 rings (SSSR count). The molecule has 0 unspecified atom stereocenters. The highest BCUT2D eigenvalue weighted by Gasteiger charge is 2.31. The summed E-state index contributed by atoms with van der Waals surface area (Å²) < 4.78 is 83.4. The van der Waals surface area contributed by atoms with E-state index in [9.17, 15) is 21.6 Å². The third-order valence-electron chi connectivity index (χ3n) is 6.72. The van der Waals surface area contributed by atoms with Gasteiger partial charge in [-0.2, -0.15) is 17.5 Å². The fourth-order valence-electron chi connectivity index (χ4n) is 4.43. The molecule has 216 valence electrons. The number of alkyl halides is 3. The standard InChI is InChI=1S/C28H30ClF3N2O5S/c1-37-25-12-11-24(17-26(25)38-2)40(35,36)34-15-13-33(14-16-34)18-27(21-5-9-23(29)10-6-21)39-19-20-3-7-22(8-4-20)28(30,31)32/h3-12,17,27H,13-16,18-19H2,1-2H3/t27-/m0/s1. The maximum absolute atomic E-state index is 13.3. The summed E-state index contributed by atoms with van der Waals surface area (Å²) in [6.45, 7) is 2.08.